The minimum absolute atomic E-state index is 0.244. The summed E-state index contributed by atoms with van der Waals surface area (Å²) in [5.41, 5.74) is 3.22. The first-order chi connectivity index (χ1) is 13.4. The van der Waals surface area contributed by atoms with Crippen molar-refractivity contribution in [2.45, 2.75) is 38.2 Å². The van der Waals surface area contributed by atoms with E-state index in [1.807, 2.05) is 36.9 Å². The van der Waals surface area contributed by atoms with Crippen LogP contribution in [0.15, 0.2) is 30.6 Å². The molecule has 0 spiro atoms. The van der Waals surface area contributed by atoms with Crippen molar-refractivity contribution in [1.82, 2.24) is 19.6 Å². The number of aliphatic hydroxyl groups is 1. The number of nitrogens with zero attached hydrogens (tertiary/aromatic N) is 5. The Morgan fingerprint density at radius 1 is 1.32 bits per heavy atom. The van der Waals surface area contributed by atoms with E-state index in [4.69, 9.17) is 0 Å². The first kappa shape index (κ1) is 17.1. The molecule has 1 fully saturated rings. The highest BCUT2D eigenvalue weighted by molar-refractivity contribution is 5.96. The molecule has 2 aromatic heterocycles. The van der Waals surface area contributed by atoms with E-state index < -0.39 is 5.41 Å². The van der Waals surface area contributed by atoms with Crippen LogP contribution in [0.1, 0.15) is 31.4 Å². The van der Waals surface area contributed by atoms with Gasteiger partial charge in [-0.15, -0.1) is 5.10 Å². The number of Topliss-reactive ketones (excluding diaryl/α,β-unsaturated/α-hetero) is 1. The molecule has 1 aliphatic carbocycles. The second kappa shape index (κ2) is 6.00. The fraction of sp³-hybridized carbons (Fsp3) is 0.400. The fourth-order valence-corrected chi connectivity index (χ4v) is 4.12. The van der Waals surface area contributed by atoms with Crippen LogP contribution in [0.4, 0.5) is 17.5 Å². The third kappa shape index (κ3) is 2.63. The lowest BCUT2D eigenvalue weighted by atomic mass is 9.86. The van der Waals surface area contributed by atoms with Gasteiger partial charge in [-0.2, -0.15) is 4.98 Å². The normalized spacial score (nSPS) is 20.8. The molecule has 8 heteroatoms. The number of hydrogen-bond donors (Lipinski definition) is 2. The number of ketones is 1. The van der Waals surface area contributed by atoms with Gasteiger partial charge in [-0.05, 0) is 43.5 Å². The molecule has 0 bridgehead atoms. The molecule has 3 heterocycles. The first-order valence-electron chi connectivity index (χ1n) is 9.50. The van der Waals surface area contributed by atoms with Crippen molar-refractivity contribution in [2.24, 2.45) is 0 Å². The molecule has 1 atom stereocenters. The van der Waals surface area contributed by atoms with Crippen molar-refractivity contribution < 1.29 is 9.90 Å². The Labute approximate surface area is 162 Å². The summed E-state index contributed by atoms with van der Waals surface area (Å²) in [5.74, 6) is 1.44. The van der Waals surface area contributed by atoms with Gasteiger partial charge in [0.1, 0.15) is 5.78 Å². The molecule has 8 nitrogen and oxygen atoms in total. The van der Waals surface area contributed by atoms with Crippen molar-refractivity contribution in [3.8, 4) is 0 Å². The summed E-state index contributed by atoms with van der Waals surface area (Å²) in [7, 11) is 0. The lowest BCUT2D eigenvalue weighted by Gasteiger charge is -2.17. The summed E-state index contributed by atoms with van der Waals surface area (Å²) in [5, 5.41) is 17.6. The Morgan fingerprint density at radius 2 is 2.18 bits per heavy atom. The molecule has 0 radical (unpaired) electrons. The Kier molecular flexibility index (Phi) is 3.67. The minimum Gasteiger partial charge on any atom is -0.391 e. The maximum Gasteiger partial charge on any atom is 0.247 e. The molecule has 28 heavy (non-hydrogen) atoms. The zero-order chi connectivity index (χ0) is 19.5. The second-order valence-corrected chi connectivity index (χ2v) is 8.06. The summed E-state index contributed by atoms with van der Waals surface area (Å²) in [6, 6.07) is 5.97. The molecule has 0 amide bonds. The van der Waals surface area contributed by atoms with Crippen LogP contribution < -0.4 is 10.2 Å². The number of anilines is 3. The molecule has 0 saturated carbocycles. The number of aromatic nitrogens is 4. The summed E-state index contributed by atoms with van der Waals surface area (Å²) in [6.45, 7) is 5.25. The largest absolute Gasteiger partial charge is 0.391 e. The molecule has 144 valence electrons. The fourth-order valence-electron chi connectivity index (χ4n) is 4.12. The van der Waals surface area contributed by atoms with Gasteiger partial charge < -0.3 is 15.3 Å². The standard InChI is InChI=1S/C20H22N6O2/c1-20(2)15-4-3-13(9-12(15)10-16(20)28)22-19-23-18-17(21-6-8-26(18)24-19)25-7-5-14(27)11-25/h3-4,6,8-9,14,27H,5,7,10-11H2,1-2H3,(H,22,24)/t14-/m0/s1. The van der Waals surface area contributed by atoms with E-state index in [-0.39, 0.29) is 11.9 Å². The molecule has 5 rings (SSSR count). The average Bonchev–Trinajstić information content (AvgIpc) is 3.31. The number of hydrogen-bond acceptors (Lipinski definition) is 7. The number of aliphatic hydroxyl groups excluding tert-OH is 1. The Morgan fingerprint density at radius 3 is 2.96 bits per heavy atom. The van der Waals surface area contributed by atoms with E-state index in [0.717, 1.165) is 35.6 Å². The summed E-state index contributed by atoms with van der Waals surface area (Å²) in [4.78, 5) is 23.3. The second-order valence-electron chi connectivity index (χ2n) is 8.06. The van der Waals surface area contributed by atoms with Gasteiger partial charge in [0.25, 0.3) is 0 Å². The van der Waals surface area contributed by atoms with Crippen LogP contribution in [0.3, 0.4) is 0 Å². The van der Waals surface area contributed by atoms with Crippen LogP contribution in [0.2, 0.25) is 0 Å². The molecule has 2 aliphatic rings. The summed E-state index contributed by atoms with van der Waals surface area (Å²) in [6.07, 6.45) is 4.30. The quantitative estimate of drug-likeness (QED) is 0.718. The van der Waals surface area contributed by atoms with E-state index in [9.17, 15) is 9.90 Å². The maximum atomic E-state index is 12.2. The van der Waals surface area contributed by atoms with Gasteiger partial charge in [-0.1, -0.05) is 6.07 Å². The molecule has 1 aliphatic heterocycles. The van der Waals surface area contributed by atoms with Crippen molar-refractivity contribution >= 4 is 28.9 Å². The lowest BCUT2D eigenvalue weighted by Crippen LogP contribution is -2.23. The maximum absolute atomic E-state index is 12.2. The number of benzene rings is 1. The highest BCUT2D eigenvalue weighted by Crippen LogP contribution is 2.37. The number of rotatable bonds is 3. The number of carbonyl (C=O) groups excluding carboxylic acids is 1. The van der Waals surface area contributed by atoms with Crippen molar-refractivity contribution in [1.29, 1.82) is 0 Å². The zero-order valence-electron chi connectivity index (χ0n) is 15.9. The molecular formula is C20H22N6O2. The van der Waals surface area contributed by atoms with Crippen molar-refractivity contribution in [3.63, 3.8) is 0 Å². The van der Waals surface area contributed by atoms with Gasteiger partial charge in [0.05, 0.1) is 6.10 Å². The smallest absolute Gasteiger partial charge is 0.247 e. The monoisotopic (exact) mass is 378 g/mol. The van der Waals surface area contributed by atoms with E-state index in [1.165, 1.54) is 0 Å². The van der Waals surface area contributed by atoms with Gasteiger partial charge in [-0.3, -0.25) is 4.79 Å². The van der Waals surface area contributed by atoms with E-state index in [1.54, 1.807) is 16.9 Å². The molecule has 1 saturated heterocycles. The Bertz CT molecular complexity index is 1090. The van der Waals surface area contributed by atoms with Gasteiger partial charge in [0, 0.05) is 43.0 Å². The highest BCUT2D eigenvalue weighted by atomic mass is 16.3. The third-order valence-electron chi connectivity index (χ3n) is 5.78. The van der Waals surface area contributed by atoms with Gasteiger partial charge in [0.15, 0.2) is 11.5 Å². The molecular weight excluding hydrogens is 356 g/mol. The van der Waals surface area contributed by atoms with Crippen molar-refractivity contribution in [2.75, 3.05) is 23.3 Å². The topological polar surface area (TPSA) is 95.7 Å². The predicted molar refractivity (Wildman–Crippen MR) is 105 cm³/mol. The lowest BCUT2D eigenvalue weighted by molar-refractivity contribution is -0.121. The SMILES string of the molecule is CC1(C)C(=O)Cc2cc(Nc3nc4c(N5CC[C@H](O)C5)nccn4n3)ccc21. The van der Waals surface area contributed by atoms with Crippen LogP contribution in [-0.2, 0) is 16.6 Å². The molecule has 2 N–H and O–H groups in total. The van der Waals surface area contributed by atoms with Crippen molar-refractivity contribution in [3.05, 3.63) is 41.7 Å². The molecule has 3 aromatic rings. The van der Waals surface area contributed by atoms with Crippen LogP contribution in [-0.4, -0.2) is 49.7 Å². The van der Waals surface area contributed by atoms with E-state index >= 15 is 0 Å². The third-order valence-corrected chi connectivity index (χ3v) is 5.78. The number of β-amino-alcohol motifs (C(OH)–C–C–N with tert-alkyl or cyclic N) is 1. The predicted octanol–water partition coefficient (Wildman–Crippen LogP) is 1.84. The van der Waals surface area contributed by atoms with E-state index in [0.29, 0.717) is 24.6 Å². The van der Waals surface area contributed by atoms with Crippen LogP contribution in [0.5, 0.6) is 0 Å². The van der Waals surface area contributed by atoms with Gasteiger partial charge in [-0.25, -0.2) is 9.50 Å². The highest BCUT2D eigenvalue weighted by Gasteiger charge is 2.37. The number of nitrogens with one attached hydrogen (secondary N) is 1. The number of carbonyl (C=O) groups is 1. The van der Waals surface area contributed by atoms with Gasteiger partial charge in [0.2, 0.25) is 5.95 Å². The van der Waals surface area contributed by atoms with Crippen LogP contribution in [0, 0.1) is 0 Å². The summed E-state index contributed by atoms with van der Waals surface area (Å²) >= 11 is 0. The van der Waals surface area contributed by atoms with Crippen LogP contribution in [0.25, 0.3) is 5.65 Å². The zero-order valence-corrected chi connectivity index (χ0v) is 15.9. The molecule has 1 aromatic carbocycles. The van der Waals surface area contributed by atoms with Gasteiger partial charge >= 0.3 is 0 Å². The summed E-state index contributed by atoms with van der Waals surface area (Å²) < 4.78 is 1.69. The Balaban J connectivity index is 1.45. The number of fused-ring (bicyclic) bond motifs is 2. The minimum atomic E-state index is -0.421. The van der Waals surface area contributed by atoms with E-state index in [2.05, 4.69) is 20.4 Å². The first-order valence-corrected chi connectivity index (χ1v) is 9.50. The average molecular weight is 378 g/mol. The Hall–Kier alpha value is -3.00. The molecule has 0 unspecified atom stereocenters. The van der Waals surface area contributed by atoms with Crippen LogP contribution >= 0.6 is 0 Å².